The molecule has 0 saturated carbocycles. The number of rotatable bonds is 5. The number of nitrogens with zero attached hydrogens (tertiary/aromatic N) is 1. The molecule has 2 rings (SSSR count). The van der Waals surface area contributed by atoms with E-state index in [0.29, 0.717) is 30.3 Å². The summed E-state index contributed by atoms with van der Waals surface area (Å²) in [5.74, 6) is -0.0116. The summed E-state index contributed by atoms with van der Waals surface area (Å²) in [5.41, 5.74) is 1.38. The second-order valence-electron chi connectivity index (χ2n) is 5.03. The van der Waals surface area contributed by atoms with Gasteiger partial charge in [0.05, 0.1) is 24.9 Å². The van der Waals surface area contributed by atoms with Gasteiger partial charge in [-0.3, -0.25) is 4.79 Å². The van der Waals surface area contributed by atoms with Crippen molar-refractivity contribution in [1.29, 1.82) is 0 Å². The van der Waals surface area contributed by atoms with Crippen LogP contribution in [-0.4, -0.2) is 55.4 Å². The minimum atomic E-state index is -0.0116. The van der Waals surface area contributed by atoms with Crippen LogP contribution >= 0.6 is 11.6 Å². The highest BCUT2D eigenvalue weighted by Crippen LogP contribution is 2.24. The molecule has 1 aliphatic heterocycles. The summed E-state index contributed by atoms with van der Waals surface area (Å²) >= 11 is 5.99. The molecule has 1 amide bonds. The maximum atomic E-state index is 12.6. The first-order chi connectivity index (χ1) is 10.2. The molecule has 116 valence electrons. The number of hydrogen-bond donors (Lipinski definition) is 2. The predicted molar refractivity (Wildman–Crippen MR) is 83.0 cm³/mol. The van der Waals surface area contributed by atoms with Crippen LogP contribution in [0, 0.1) is 0 Å². The first kappa shape index (κ1) is 16.1. The fraction of sp³-hybridized carbons (Fsp3) is 0.533. The molecule has 5 nitrogen and oxygen atoms in total. The number of carbonyl (C=O) groups excluding carboxylic acids is 1. The minimum Gasteiger partial charge on any atom is -0.394 e. The smallest absolute Gasteiger partial charge is 0.256 e. The first-order valence-electron chi connectivity index (χ1n) is 7.14. The van der Waals surface area contributed by atoms with Crippen molar-refractivity contribution in [1.82, 2.24) is 4.90 Å². The molecule has 6 heteroatoms. The SMILES string of the molecule is CNc1ccc(Cl)cc1C(=O)N1CCC(OCCO)CC1. The highest BCUT2D eigenvalue weighted by Gasteiger charge is 2.25. The van der Waals surface area contributed by atoms with Gasteiger partial charge in [-0.05, 0) is 31.0 Å². The van der Waals surface area contributed by atoms with E-state index in [2.05, 4.69) is 5.32 Å². The van der Waals surface area contributed by atoms with Crippen LogP contribution in [0.4, 0.5) is 5.69 Å². The lowest BCUT2D eigenvalue weighted by Crippen LogP contribution is -2.41. The van der Waals surface area contributed by atoms with E-state index in [1.807, 2.05) is 11.0 Å². The second-order valence-corrected chi connectivity index (χ2v) is 5.46. The molecule has 0 bridgehead atoms. The Morgan fingerprint density at radius 3 is 2.81 bits per heavy atom. The van der Waals surface area contributed by atoms with Gasteiger partial charge in [0.1, 0.15) is 0 Å². The Bertz CT molecular complexity index is 488. The van der Waals surface area contributed by atoms with Gasteiger partial charge in [-0.15, -0.1) is 0 Å². The number of aliphatic hydroxyl groups is 1. The van der Waals surface area contributed by atoms with E-state index in [1.54, 1.807) is 19.2 Å². The number of benzene rings is 1. The van der Waals surface area contributed by atoms with Crippen LogP contribution in [0.2, 0.25) is 5.02 Å². The second kappa shape index (κ2) is 7.64. The van der Waals surface area contributed by atoms with Gasteiger partial charge >= 0.3 is 0 Å². The van der Waals surface area contributed by atoms with Gasteiger partial charge in [-0.25, -0.2) is 0 Å². The molecule has 1 saturated heterocycles. The average Bonchev–Trinajstić information content (AvgIpc) is 2.52. The first-order valence-corrected chi connectivity index (χ1v) is 7.52. The fourth-order valence-corrected chi connectivity index (χ4v) is 2.70. The molecular weight excluding hydrogens is 292 g/mol. The Balaban J connectivity index is 2.00. The third-order valence-electron chi connectivity index (χ3n) is 3.66. The zero-order valence-electron chi connectivity index (χ0n) is 12.1. The van der Waals surface area contributed by atoms with Crippen LogP contribution in [0.25, 0.3) is 0 Å². The summed E-state index contributed by atoms with van der Waals surface area (Å²) in [5, 5.41) is 12.3. The van der Waals surface area contributed by atoms with E-state index in [1.165, 1.54) is 0 Å². The van der Waals surface area contributed by atoms with E-state index in [4.69, 9.17) is 21.4 Å². The van der Waals surface area contributed by atoms with Crippen LogP contribution in [0.3, 0.4) is 0 Å². The summed E-state index contributed by atoms with van der Waals surface area (Å²) in [6.07, 6.45) is 1.71. The zero-order chi connectivity index (χ0) is 15.2. The predicted octanol–water partition coefficient (Wildman–Crippen LogP) is 2.00. The van der Waals surface area contributed by atoms with Crippen LogP contribution in [0.1, 0.15) is 23.2 Å². The molecule has 0 aliphatic carbocycles. The molecule has 0 radical (unpaired) electrons. The van der Waals surface area contributed by atoms with Gasteiger partial charge < -0.3 is 20.1 Å². The van der Waals surface area contributed by atoms with Crippen molar-refractivity contribution in [2.75, 3.05) is 38.7 Å². The normalized spacial score (nSPS) is 16.0. The van der Waals surface area contributed by atoms with Crippen LogP contribution in [-0.2, 0) is 4.74 Å². The van der Waals surface area contributed by atoms with Crippen molar-refractivity contribution in [2.45, 2.75) is 18.9 Å². The lowest BCUT2D eigenvalue weighted by molar-refractivity contribution is -0.00552. The van der Waals surface area contributed by atoms with Gasteiger partial charge in [0, 0.05) is 30.8 Å². The molecular formula is C15H21ClN2O3. The summed E-state index contributed by atoms with van der Waals surface area (Å²) in [4.78, 5) is 14.4. The number of carbonyl (C=O) groups is 1. The number of amides is 1. The van der Waals surface area contributed by atoms with E-state index < -0.39 is 0 Å². The number of nitrogens with one attached hydrogen (secondary N) is 1. The zero-order valence-corrected chi connectivity index (χ0v) is 12.9. The quantitative estimate of drug-likeness (QED) is 0.873. The molecule has 0 spiro atoms. The average molecular weight is 313 g/mol. The molecule has 1 aliphatic rings. The van der Waals surface area contributed by atoms with Crippen molar-refractivity contribution in [3.05, 3.63) is 28.8 Å². The molecule has 1 fully saturated rings. The van der Waals surface area contributed by atoms with Gasteiger partial charge in [0.15, 0.2) is 0 Å². The van der Waals surface area contributed by atoms with Crippen LogP contribution in [0.5, 0.6) is 0 Å². The largest absolute Gasteiger partial charge is 0.394 e. The number of halogens is 1. The fourth-order valence-electron chi connectivity index (χ4n) is 2.53. The molecule has 1 aromatic rings. The Hall–Kier alpha value is -1.30. The van der Waals surface area contributed by atoms with E-state index in [0.717, 1.165) is 18.5 Å². The number of anilines is 1. The molecule has 21 heavy (non-hydrogen) atoms. The third-order valence-corrected chi connectivity index (χ3v) is 3.89. The van der Waals surface area contributed by atoms with Crippen molar-refractivity contribution in [3.63, 3.8) is 0 Å². The number of aliphatic hydroxyl groups excluding tert-OH is 1. The van der Waals surface area contributed by atoms with Crippen molar-refractivity contribution >= 4 is 23.2 Å². The Morgan fingerprint density at radius 1 is 1.48 bits per heavy atom. The highest BCUT2D eigenvalue weighted by molar-refractivity contribution is 6.31. The van der Waals surface area contributed by atoms with Crippen LogP contribution in [0.15, 0.2) is 18.2 Å². The van der Waals surface area contributed by atoms with E-state index in [9.17, 15) is 4.79 Å². The Kier molecular flexibility index (Phi) is 5.85. The molecule has 1 aromatic carbocycles. The Morgan fingerprint density at radius 2 is 2.19 bits per heavy atom. The number of ether oxygens (including phenoxy) is 1. The number of hydrogen-bond acceptors (Lipinski definition) is 4. The van der Waals surface area contributed by atoms with Crippen molar-refractivity contribution in [3.8, 4) is 0 Å². The van der Waals surface area contributed by atoms with Gasteiger partial charge in [0.25, 0.3) is 5.91 Å². The minimum absolute atomic E-state index is 0.0116. The molecule has 0 atom stereocenters. The number of likely N-dealkylation sites (tertiary alicyclic amines) is 1. The Labute approximate surface area is 129 Å². The summed E-state index contributed by atoms with van der Waals surface area (Å²) < 4.78 is 5.51. The van der Waals surface area contributed by atoms with Gasteiger partial charge in [-0.2, -0.15) is 0 Å². The maximum Gasteiger partial charge on any atom is 0.256 e. The maximum absolute atomic E-state index is 12.6. The number of piperidine rings is 1. The standard InChI is InChI=1S/C15H21ClN2O3/c1-17-14-3-2-11(16)10-13(14)15(20)18-6-4-12(5-7-18)21-9-8-19/h2-3,10,12,17,19H,4-9H2,1H3. The monoisotopic (exact) mass is 312 g/mol. The molecule has 2 N–H and O–H groups in total. The molecule has 1 heterocycles. The van der Waals surface area contributed by atoms with Crippen LogP contribution < -0.4 is 5.32 Å². The molecule has 0 unspecified atom stereocenters. The van der Waals surface area contributed by atoms with Gasteiger partial charge in [-0.1, -0.05) is 11.6 Å². The molecule has 0 aromatic heterocycles. The lowest BCUT2D eigenvalue weighted by Gasteiger charge is -2.32. The summed E-state index contributed by atoms with van der Waals surface area (Å²) in [7, 11) is 1.79. The third kappa shape index (κ3) is 4.09. The summed E-state index contributed by atoms with van der Waals surface area (Å²) in [6, 6.07) is 5.27. The lowest BCUT2D eigenvalue weighted by atomic mass is 10.1. The summed E-state index contributed by atoms with van der Waals surface area (Å²) in [6.45, 7) is 1.71. The van der Waals surface area contributed by atoms with E-state index >= 15 is 0 Å². The van der Waals surface area contributed by atoms with Gasteiger partial charge in [0.2, 0.25) is 0 Å². The van der Waals surface area contributed by atoms with E-state index in [-0.39, 0.29) is 18.6 Å². The van der Waals surface area contributed by atoms with Crippen molar-refractivity contribution < 1.29 is 14.6 Å². The highest BCUT2D eigenvalue weighted by atomic mass is 35.5. The van der Waals surface area contributed by atoms with Crippen molar-refractivity contribution in [2.24, 2.45) is 0 Å². The topological polar surface area (TPSA) is 61.8 Å².